The predicted molar refractivity (Wildman–Crippen MR) is 89.6 cm³/mol. The van der Waals surface area contributed by atoms with Crippen LogP contribution < -0.4 is 5.32 Å². The van der Waals surface area contributed by atoms with Crippen LogP contribution in [-0.2, 0) is 9.84 Å². The van der Waals surface area contributed by atoms with E-state index in [4.69, 9.17) is 0 Å². The van der Waals surface area contributed by atoms with Crippen LogP contribution in [0.4, 0.5) is 9.52 Å². The Morgan fingerprint density at radius 2 is 1.96 bits per heavy atom. The van der Waals surface area contributed by atoms with E-state index in [2.05, 4.69) is 15.3 Å². The van der Waals surface area contributed by atoms with Gasteiger partial charge in [-0.25, -0.2) is 22.8 Å². The molecular formula is C15H12FN3O3S2. The predicted octanol–water partition coefficient (Wildman–Crippen LogP) is 2.79. The van der Waals surface area contributed by atoms with Crippen LogP contribution in [0.25, 0.3) is 10.2 Å². The monoisotopic (exact) mass is 365 g/mol. The summed E-state index contributed by atoms with van der Waals surface area (Å²) in [5, 5.41) is 2.90. The zero-order chi connectivity index (χ0) is 17.5. The average Bonchev–Trinajstić information content (AvgIpc) is 2.90. The van der Waals surface area contributed by atoms with Crippen molar-refractivity contribution in [2.24, 2.45) is 0 Å². The molecule has 0 saturated heterocycles. The molecule has 0 saturated carbocycles. The summed E-state index contributed by atoms with van der Waals surface area (Å²) in [6, 6.07) is 7.02. The SMILES string of the molecule is Cc1nc(C(=O)Nc2nc3ccc(S(C)(=O)=O)cc3s2)ccc1F. The minimum absolute atomic E-state index is 0.0741. The zero-order valence-electron chi connectivity index (χ0n) is 12.7. The van der Waals surface area contributed by atoms with Crippen molar-refractivity contribution >= 4 is 42.4 Å². The number of hydrogen-bond acceptors (Lipinski definition) is 6. The third-order valence-corrected chi connectivity index (χ3v) is 5.31. The number of thiazole rings is 1. The maximum Gasteiger partial charge on any atom is 0.276 e. The molecule has 0 aliphatic carbocycles. The number of nitrogens with one attached hydrogen (secondary N) is 1. The van der Waals surface area contributed by atoms with E-state index in [1.54, 1.807) is 6.07 Å². The number of anilines is 1. The summed E-state index contributed by atoms with van der Waals surface area (Å²) in [6.07, 6.45) is 1.13. The van der Waals surface area contributed by atoms with Crippen molar-refractivity contribution in [2.75, 3.05) is 11.6 Å². The second-order valence-corrected chi connectivity index (χ2v) is 8.18. The first kappa shape index (κ1) is 16.5. The molecule has 0 bridgehead atoms. The van der Waals surface area contributed by atoms with Gasteiger partial charge in [-0.05, 0) is 37.3 Å². The van der Waals surface area contributed by atoms with Crippen molar-refractivity contribution in [1.82, 2.24) is 9.97 Å². The van der Waals surface area contributed by atoms with Crippen LogP contribution in [0.5, 0.6) is 0 Å². The fourth-order valence-electron chi connectivity index (χ4n) is 2.02. The number of nitrogens with zero attached hydrogens (tertiary/aromatic N) is 2. The van der Waals surface area contributed by atoms with Crippen molar-refractivity contribution in [3.05, 3.63) is 47.5 Å². The van der Waals surface area contributed by atoms with Crippen LogP contribution in [0.15, 0.2) is 35.2 Å². The lowest BCUT2D eigenvalue weighted by molar-refractivity contribution is 0.102. The van der Waals surface area contributed by atoms with E-state index < -0.39 is 21.6 Å². The lowest BCUT2D eigenvalue weighted by Crippen LogP contribution is -2.14. The topological polar surface area (TPSA) is 89.0 Å². The molecule has 2 aromatic heterocycles. The number of halogens is 1. The Bertz CT molecular complexity index is 1060. The van der Waals surface area contributed by atoms with E-state index in [1.165, 1.54) is 31.2 Å². The third kappa shape index (κ3) is 3.26. The first-order valence-electron chi connectivity index (χ1n) is 6.79. The maximum atomic E-state index is 13.2. The van der Waals surface area contributed by atoms with Gasteiger partial charge in [-0.3, -0.25) is 10.1 Å². The Morgan fingerprint density at radius 1 is 1.21 bits per heavy atom. The molecule has 0 atom stereocenters. The number of carbonyl (C=O) groups excluding carboxylic acids is 1. The van der Waals surface area contributed by atoms with Crippen molar-refractivity contribution < 1.29 is 17.6 Å². The molecule has 0 unspecified atom stereocenters. The summed E-state index contributed by atoms with van der Waals surface area (Å²) in [6.45, 7) is 1.47. The molecule has 3 aromatic rings. The van der Waals surface area contributed by atoms with Crippen LogP contribution in [0.2, 0.25) is 0 Å². The Labute approximate surface area is 141 Å². The van der Waals surface area contributed by atoms with Gasteiger partial charge in [0.15, 0.2) is 15.0 Å². The highest BCUT2D eigenvalue weighted by atomic mass is 32.2. The Morgan fingerprint density at radius 3 is 2.62 bits per heavy atom. The number of aromatic nitrogens is 2. The molecule has 0 aliphatic rings. The highest BCUT2D eigenvalue weighted by Crippen LogP contribution is 2.28. The van der Waals surface area contributed by atoms with Gasteiger partial charge in [-0.2, -0.15) is 0 Å². The van der Waals surface area contributed by atoms with Crippen molar-refractivity contribution in [1.29, 1.82) is 0 Å². The number of rotatable bonds is 3. The standard InChI is InChI=1S/C15H12FN3O3S2/c1-8-10(16)4-6-12(17-8)14(20)19-15-18-11-5-3-9(24(2,21)22)7-13(11)23-15/h3-7H,1-2H3,(H,18,19,20). The number of hydrogen-bond donors (Lipinski definition) is 1. The number of benzene rings is 1. The summed E-state index contributed by atoms with van der Waals surface area (Å²) in [7, 11) is -3.31. The fourth-order valence-corrected chi connectivity index (χ4v) is 3.64. The van der Waals surface area contributed by atoms with E-state index in [-0.39, 0.29) is 16.3 Å². The molecule has 24 heavy (non-hydrogen) atoms. The normalized spacial score (nSPS) is 11.6. The summed E-state index contributed by atoms with van der Waals surface area (Å²) in [4.78, 5) is 20.5. The molecular weight excluding hydrogens is 353 g/mol. The molecule has 0 radical (unpaired) electrons. The van der Waals surface area contributed by atoms with E-state index in [1.807, 2.05) is 0 Å². The van der Waals surface area contributed by atoms with Gasteiger partial charge in [-0.15, -0.1) is 0 Å². The molecule has 6 nitrogen and oxygen atoms in total. The molecule has 2 heterocycles. The van der Waals surface area contributed by atoms with Gasteiger partial charge in [0.05, 0.1) is 20.8 Å². The summed E-state index contributed by atoms with van der Waals surface area (Å²) < 4.78 is 37.0. The minimum Gasteiger partial charge on any atom is -0.296 e. The molecule has 9 heteroatoms. The van der Waals surface area contributed by atoms with E-state index in [0.29, 0.717) is 15.3 Å². The van der Waals surface area contributed by atoms with Crippen LogP contribution in [0.3, 0.4) is 0 Å². The minimum atomic E-state index is -3.31. The summed E-state index contributed by atoms with van der Waals surface area (Å²) in [5.74, 6) is -1.000. The molecule has 0 fully saturated rings. The third-order valence-electron chi connectivity index (χ3n) is 3.26. The smallest absolute Gasteiger partial charge is 0.276 e. The molecule has 1 N–H and O–H groups in total. The van der Waals surface area contributed by atoms with Gasteiger partial charge in [0.1, 0.15) is 11.5 Å². The van der Waals surface area contributed by atoms with E-state index in [9.17, 15) is 17.6 Å². The first-order chi connectivity index (χ1) is 11.2. The summed E-state index contributed by atoms with van der Waals surface area (Å²) in [5.41, 5.74) is 0.778. The number of fused-ring (bicyclic) bond motifs is 1. The second kappa shape index (κ2) is 5.91. The van der Waals surface area contributed by atoms with Crippen LogP contribution in [-0.4, -0.2) is 30.5 Å². The highest BCUT2D eigenvalue weighted by molar-refractivity contribution is 7.90. The number of aryl methyl sites for hydroxylation is 1. The number of pyridine rings is 1. The van der Waals surface area contributed by atoms with Gasteiger partial charge >= 0.3 is 0 Å². The lowest BCUT2D eigenvalue weighted by Gasteiger charge is -2.02. The fraction of sp³-hybridized carbons (Fsp3) is 0.133. The molecule has 0 aliphatic heterocycles. The highest BCUT2D eigenvalue weighted by Gasteiger charge is 2.14. The first-order valence-corrected chi connectivity index (χ1v) is 9.50. The molecule has 0 spiro atoms. The number of amides is 1. The average molecular weight is 365 g/mol. The largest absolute Gasteiger partial charge is 0.296 e. The molecule has 124 valence electrons. The molecule has 1 aromatic carbocycles. The quantitative estimate of drug-likeness (QED) is 0.771. The van der Waals surface area contributed by atoms with Gasteiger partial charge in [0.2, 0.25) is 0 Å². The molecule has 3 rings (SSSR count). The van der Waals surface area contributed by atoms with Crippen molar-refractivity contribution in [2.45, 2.75) is 11.8 Å². The van der Waals surface area contributed by atoms with E-state index >= 15 is 0 Å². The lowest BCUT2D eigenvalue weighted by atomic mass is 10.3. The number of carbonyl (C=O) groups is 1. The van der Waals surface area contributed by atoms with Gasteiger partial charge < -0.3 is 0 Å². The number of sulfone groups is 1. The Hall–Kier alpha value is -2.39. The van der Waals surface area contributed by atoms with Crippen molar-refractivity contribution in [3.63, 3.8) is 0 Å². The van der Waals surface area contributed by atoms with Gasteiger partial charge in [0, 0.05) is 6.26 Å². The van der Waals surface area contributed by atoms with Crippen LogP contribution >= 0.6 is 11.3 Å². The Balaban J connectivity index is 1.89. The second-order valence-electron chi connectivity index (χ2n) is 5.14. The zero-order valence-corrected chi connectivity index (χ0v) is 14.3. The van der Waals surface area contributed by atoms with Crippen LogP contribution in [0, 0.1) is 12.7 Å². The van der Waals surface area contributed by atoms with Gasteiger partial charge in [0.25, 0.3) is 5.91 Å². The van der Waals surface area contributed by atoms with E-state index in [0.717, 1.165) is 17.6 Å². The Kier molecular flexibility index (Phi) is 4.06. The summed E-state index contributed by atoms with van der Waals surface area (Å²) >= 11 is 1.15. The molecule has 1 amide bonds. The maximum absolute atomic E-state index is 13.2. The van der Waals surface area contributed by atoms with Crippen molar-refractivity contribution in [3.8, 4) is 0 Å². The van der Waals surface area contributed by atoms with Crippen LogP contribution in [0.1, 0.15) is 16.2 Å². The van der Waals surface area contributed by atoms with Gasteiger partial charge in [-0.1, -0.05) is 11.3 Å².